The lowest BCUT2D eigenvalue weighted by Crippen LogP contribution is -2.26. The van der Waals surface area contributed by atoms with E-state index in [0.29, 0.717) is 5.92 Å². The fourth-order valence-corrected chi connectivity index (χ4v) is 2.73. The minimum atomic E-state index is -0.119. The molecule has 2 atom stereocenters. The van der Waals surface area contributed by atoms with Crippen LogP contribution in [0.3, 0.4) is 0 Å². The van der Waals surface area contributed by atoms with Gasteiger partial charge in [-0.1, -0.05) is 62.7 Å². The summed E-state index contributed by atoms with van der Waals surface area (Å²) in [6.07, 6.45) is 0.972. The number of amides is 1. The third-order valence-electron chi connectivity index (χ3n) is 4.52. The van der Waals surface area contributed by atoms with Crippen molar-refractivity contribution in [2.24, 2.45) is 5.92 Å². The van der Waals surface area contributed by atoms with Crippen LogP contribution < -0.4 is 5.32 Å². The van der Waals surface area contributed by atoms with Gasteiger partial charge in [0.05, 0.1) is 5.92 Å². The van der Waals surface area contributed by atoms with Gasteiger partial charge >= 0.3 is 0 Å². The summed E-state index contributed by atoms with van der Waals surface area (Å²) < 4.78 is 0. The molecule has 2 heteroatoms. The van der Waals surface area contributed by atoms with Crippen molar-refractivity contribution in [3.8, 4) is 0 Å². The third kappa shape index (κ3) is 3.56. The van der Waals surface area contributed by atoms with Crippen molar-refractivity contribution in [2.45, 2.75) is 40.0 Å². The Morgan fingerprint density at radius 1 is 1.05 bits per heavy atom. The maximum Gasteiger partial charge on any atom is 0.232 e. The van der Waals surface area contributed by atoms with Gasteiger partial charge in [0.25, 0.3) is 0 Å². The fourth-order valence-electron chi connectivity index (χ4n) is 2.73. The van der Waals surface area contributed by atoms with E-state index < -0.39 is 0 Å². The summed E-state index contributed by atoms with van der Waals surface area (Å²) >= 11 is 0. The van der Waals surface area contributed by atoms with E-state index in [2.05, 4.69) is 32.2 Å². The Morgan fingerprint density at radius 3 is 2.36 bits per heavy atom. The van der Waals surface area contributed by atoms with Crippen LogP contribution in [0.2, 0.25) is 0 Å². The Bertz CT molecular complexity index is 633. The molecule has 2 aromatic carbocycles. The number of hydrogen-bond acceptors (Lipinski definition) is 1. The van der Waals surface area contributed by atoms with Crippen LogP contribution in [0, 0.1) is 19.8 Å². The quantitative estimate of drug-likeness (QED) is 0.819. The van der Waals surface area contributed by atoms with Gasteiger partial charge in [0, 0.05) is 5.69 Å². The van der Waals surface area contributed by atoms with Crippen LogP contribution in [0.15, 0.2) is 48.5 Å². The molecule has 0 radical (unpaired) electrons. The zero-order valence-corrected chi connectivity index (χ0v) is 13.9. The Hall–Kier alpha value is -2.09. The van der Waals surface area contributed by atoms with E-state index >= 15 is 0 Å². The maximum absolute atomic E-state index is 12.9. The van der Waals surface area contributed by atoms with Crippen LogP contribution in [0.5, 0.6) is 0 Å². The van der Waals surface area contributed by atoms with Gasteiger partial charge in [-0.05, 0) is 42.5 Å². The predicted molar refractivity (Wildman–Crippen MR) is 93.2 cm³/mol. The van der Waals surface area contributed by atoms with Crippen molar-refractivity contribution in [2.75, 3.05) is 5.32 Å². The molecular formula is C20H25NO. The number of carbonyl (C=O) groups excluding carboxylic acids is 1. The number of nitrogens with one attached hydrogen (secondary N) is 1. The average Bonchev–Trinajstić information content (AvgIpc) is 2.53. The lowest BCUT2D eigenvalue weighted by Gasteiger charge is -2.23. The normalized spacial score (nSPS) is 13.5. The number of anilines is 1. The first-order valence-corrected chi connectivity index (χ1v) is 7.96. The fraction of sp³-hybridized carbons (Fsp3) is 0.350. The van der Waals surface area contributed by atoms with E-state index in [9.17, 15) is 4.79 Å². The summed E-state index contributed by atoms with van der Waals surface area (Å²) in [6.45, 7) is 8.38. The smallest absolute Gasteiger partial charge is 0.232 e. The molecule has 0 saturated heterocycles. The summed E-state index contributed by atoms with van der Waals surface area (Å²) in [5.74, 6) is 0.257. The SMILES string of the molecule is CC[C@H](C)[C@@H](C(=O)Nc1cccc(C)c1C)c1ccccc1. The summed E-state index contributed by atoms with van der Waals surface area (Å²) in [5, 5.41) is 3.13. The highest BCUT2D eigenvalue weighted by Gasteiger charge is 2.26. The highest BCUT2D eigenvalue weighted by atomic mass is 16.1. The lowest BCUT2D eigenvalue weighted by molar-refractivity contribution is -0.118. The van der Waals surface area contributed by atoms with Gasteiger partial charge in [-0.25, -0.2) is 0 Å². The first kappa shape index (κ1) is 16.3. The van der Waals surface area contributed by atoms with Crippen LogP contribution in [0.4, 0.5) is 5.69 Å². The molecule has 0 aliphatic rings. The largest absolute Gasteiger partial charge is 0.325 e. The molecule has 0 heterocycles. The Labute approximate surface area is 133 Å². The molecule has 2 rings (SSSR count). The van der Waals surface area contributed by atoms with Gasteiger partial charge in [0.1, 0.15) is 0 Å². The van der Waals surface area contributed by atoms with E-state index in [1.165, 1.54) is 5.56 Å². The zero-order valence-electron chi connectivity index (χ0n) is 13.9. The average molecular weight is 295 g/mol. The summed E-state index contributed by atoms with van der Waals surface area (Å²) in [4.78, 5) is 12.9. The Balaban J connectivity index is 2.28. The molecule has 0 aromatic heterocycles. The summed E-state index contributed by atoms with van der Waals surface area (Å²) in [5.41, 5.74) is 4.32. The lowest BCUT2D eigenvalue weighted by atomic mass is 9.84. The van der Waals surface area contributed by atoms with Crippen molar-refractivity contribution in [1.29, 1.82) is 0 Å². The number of hydrogen-bond donors (Lipinski definition) is 1. The third-order valence-corrected chi connectivity index (χ3v) is 4.52. The summed E-state index contributed by atoms with van der Waals surface area (Å²) in [6, 6.07) is 16.1. The molecule has 2 aromatic rings. The highest BCUT2D eigenvalue weighted by Crippen LogP contribution is 2.29. The zero-order chi connectivity index (χ0) is 16.1. The number of carbonyl (C=O) groups is 1. The van der Waals surface area contributed by atoms with Crippen LogP contribution in [-0.2, 0) is 4.79 Å². The minimum Gasteiger partial charge on any atom is -0.325 e. The Morgan fingerprint density at radius 2 is 1.73 bits per heavy atom. The molecule has 1 amide bonds. The van der Waals surface area contributed by atoms with Crippen LogP contribution in [-0.4, -0.2) is 5.91 Å². The molecule has 0 unspecified atom stereocenters. The number of benzene rings is 2. The van der Waals surface area contributed by atoms with Crippen molar-refractivity contribution < 1.29 is 4.79 Å². The molecule has 0 saturated carbocycles. The van der Waals surface area contributed by atoms with Gasteiger partial charge < -0.3 is 5.32 Å². The van der Waals surface area contributed by atoms with Crippen molar-refractivity contribution >= 4 is 11.6 Å². The van der Waals surface area contributed by atoms with Crippen LogP contribution in [0.1, 0.15) is 42.9 Å². The van der Waals surface area contributed by atoms with E-state index in [4.69, 9.17) is 0 Å². The predicted octanol–water partition coefficient (Wildman–Crippen LogP) is 5.07. The van der Waals surface area contributed by atoms with E-state index in [0.717, 1.165) is 23.2 Å². The second kappa shape index (κ2) is 7.26. The second-order valence-corrected chi connectivity index (χ2v) is 6.01. The van der Waals surface area contributed by atoms with E-state index in [-0.39, 0.29) is 11.8 Å². The van der Waals surface area contributed by atoms with E-state index in [1.807, 2.05) is 49.4 Å². The molecule has 2 nitrogen and oxygen atoms in total. The van der Waals surface area contributed by atoms with Gasteiger partial charge in [0.2, 0.25) is 5.91 Å². The number of aryl methyl sites for hydroxylation is 1. The van der Waals surface area contributed by atoms with Crippen LogP contribution >= 0.6 is 0 Å². The molecule has 1 N–H and O–H groups in total. The summed E-state index contributed by atoms with van der Waals surface area (Å²) in [7, 11) is 0. The van der Waals surface area contributed by atoms with Gasteiger partial charge in [-0.3, -0.25) is 4.79 Å². The molecule has 0 aliphatic carbocycles. The standard InChI is InChI=1S/C20H25NO/c1-5-14(2)19(17-11-7-6-8-12-17)20(22)21-18-13-9-10-15(3)16(18)4/h6-14,19H,5H2,1-4H3,(H,21,22)/t14-,19+/m0/s1. The van der Waals surface area contributed by atoms with Gasteiger partial charge in [-0.2, -0.15) is 0 Å². The molecule has 22 heavy (non-hydrogen) atoms. The van der Waals surface area contributed by atoms with Crippen LogP contribution in [0.25, 0.3) is 0 Å². The monoisotopic (exact) mass is 295 g/mol. The first-order chi connectivity index (χ1) is 10.5. The second-order valence-electron chi connectivity index (χ2n) is 6.01. The van der Waals surface area contributed by atoms with Crippen molar-refractivity contribution in [1.82, 2.24) is 0 Å². The van der Waals surface area contributed by atoms with Crippen molar-refractivity contribution in [3.63, 3.8) is 0 Å². The first-order valence-electron chi connectivity index (χ1n) is 7.96. The Kier molecular flexibility index (Phi) is 5.37. The molecule has 0 aliphatic heterocycles. The maximum atomic E-state index is 12.9. The van der Waals surface area contributed by atoms with Crippen molar-refractivity contribution in [3.05, 3.63) is 65.2 Å². The molecule has 116 valence electrons. The highest BCUT2D eigenvalue weighted by molar-refractivity contribution is 5.96. The minimum absolute atomic E-state index is 0.0780. The topological polar surface area (TPSA) is 29.1 Å². The van der Waals surface area contributed by atoms with Gasteiger partial charge in [0.15, 0.2) is 0 Å². The van der Waals surface area contributed by atoms with Gasteiger partial charge in [-0.15, -0.1) is 0 Å². The molecule has 0 fully saturated rings. The number of rotatable bonds is 5. The molecular weight excluding hydrogens is 270 g/mol. The molecule has 0 spiro atoms. The van der Waals surface area contributed by atoms with E-state index in [1.54, 1.807) is 0 Å². The molecule has 0 bridgehead atoms.